The summed E-state index contributed by atoms with van der Waals surface area (Å²) >= 11 is 1.66. The normalized spacial score (nSPS) is 28.5. The van der Waals surface area contributed by atoms with Crippen LogP contribution in [0.4, 0.5) is 11.4 Å². The van der Waals surface area contributed by atoms with E-state index in [-0.39, 0.29) is 35.5 Å². The first-order chi connectivity index (χ1) is 18.2. The van der Waals surface area contributed by atoms with E-state index >= 15 is 0 Å². The topological polar surface area (TPSA) is 102 Å². The molecule has 3 N–H and O–H groups in total. The largest absolute Gasteiger partial charge is 0.394 e. The van der Waals surface area contributed by atoms with Crippen LogP contribution < -0.4 is 15.5 Å². The van der Waals surface area contributed by atoms with Crippen molar-refractivity contribution in [2.24, 2.45) is 17.8 Å². The highest BCUT2D eigenvalue weighted by molar-refractivity contribution is 8.02. The van der Waals surface area contributed by atoms with Gasteiger partial charge < -0.3 is 25.5 Å². The summed E-state index contributed by atoms with van der Waals surface area (Å²) in [5.74, 6) is -1.23. The number of nitrogens with zero attached hydrogens (tertiary/aromatic N) is 2. The maximum Gasteiger partial charge on any atom is 0.248 e. The quantitative estimate of drug-likeness (QED) is 0.372. The molecule has 38 heavy (non-hydrogen) atoms. The number of benzene rings is 1. The minimum atomic E-state index is -0.739. The fraction of sp³-hybridized carbons (Fsp3) is 0.690. The molecule has 3 aliphatic heterocycles. The number of aliphatic hydroxyl groups excluding tert-OH is 1. The first kappa shape index (κ1) is 28.7. The number of thioether (sulfide) groups is 1. The molecule has 0 radical (unpaired) electrons. The summed E-state index contributed by atoms with van der Waals surface area (Å²) in [5.41, 5.74) is 1.77. The second-order valence-corrected chi connectivity index (χ2v) is 12.9. The molecule has 210 valence electrons. The summed E-state index contributed by atoms with van der Waals surface area (Å²) in [6.45, 7) is 12.5. The molecule has 3 fully saturated rings. The van der Waals surface area contributed by atoms with Gasteiger partial charge in [-0.2, -0.15) is 0 Å². The summed E-state index contributed by atoms with van der Waals surface area (Å²) in [5, 5.41) is 16.5. The minimum Gasteiger partial charge on any atom is -0.394 e. The fourth-order valence-electron chi connectivity index (χ4n) is 6.83. The molecule has 0 aromatic heterocycles. The van der Waals surface area contributed by atoms with Crippen LogP contribution in [0.15, 0.2) is 24.3 Å². The van der Waals surface area contributed by atoms with E-state index < -0.39 is 28.7 Å². The average Bonchev–Trinajstić information content (AvgIpc) is 3.54. The van der Waals surface area contributed by atoms with Gasteiger partial charge in [-0.05, 0) is 69.7 Å². The van der Waals surface area contributed by atoms with E-state index in [1.54, 1.807) is 16.7 Å². The third-order valence-electron chi connectivity index (χ3n) is 8.45. The molecule has 0 aliphatic carbocycles. The zero-order valence-corrected chi connectivity index (χ0v) is 24.2. The van der Waals surface area contributed by atoms with E-state index in [2.05, 4.69) is 43.2 Å². The van der Waals surface area contributed by atoms with Gasteiger partial charge in [0.15, 0.2) is 0 Å². The predicted octanol–water partition coefficient (Wildman–Crippen LogP) is 3.50. The molecule has 2 unspecified atom stereocenters. The summed E-state index contributed by atoms with van der Waals surface area (Å²) in [6.07, 6.45) is 2.94. The number of hydrogen-bond acceptors (Lipinski definition) is 6. The molecule has 4 rings (SSSR count). The van der Waals surface area contributed by atoms with Gasteiger partial charge in [0.2, 0.25) is 17.7 Å². The summed E-state index contributed by atoms with van der Waals surface area (Å²) in [7, 11) is 0. The maximum atomic E-state index is 14.1. The number of carbonyl (C=O) groups excluding carboxylic acids is 3. The molecule has 3 saturated heterocycles. The number of anilines is 2. The highest BCUT2D eigenvalue weighted by Gasteiger charge is 2.74. The van der Waals surface area contributed by atoms with Crippen molar-refractivity contribution in [1.82, 2.24) is 10.2 Å². The fourth-order valence-corrected chi connectivity index (χ4v) is 9.03. The third kappa shape index (κ3) is 5.04. The van der Waals surface area contributed by atoms with Gasteiger partial charge in [0.05, 0.1) is 29.2 Å². The molecule has 3 heterocycles. The number of amides is 3. The van der Waals surface area contributed by atoms with Crippen molar-refractivity contribution in [2.45, 2.75) is 82.4 Å². The van der Waals surface area contributed by atoms with Crippen LogP contribution in [0.5, 0.6) is 0 Å². The third-order valence-corrected chi connectivity index (χ3v) is 10.4. The van der Waals surface area contributed by atoms with Gasteiger partial charge in [-0.3, -0.25) is 14.4 Å². The lowest BCUT2D eigenvalue weighted by Crippen LogP contribution is -2.55. The maximum absolute atomic E-state index is 14.1. The van der Waals surface area contributed by atoms with Crippen LogP contribution in [0, 0.1) is 17.8 Å². The minimum absolute atomic E-state index is 0.0317. The summed E-state index contributed by atoms with van der Waals surface area (Å²) < 4.78 is -0.661. The molecular formula is C29H44N4O4S. The Kier molecular flexibility index (Phi) is 8.97. The Bertz CT molecular complexity index is 1010. The molecule has 8 nitrogen and oxygen atoms in total. The molecule has 0 saturated carbocycles. The lowest BCUT2D eigenvalue weighted by atomic mass is 9.70. The van der Waals surface area contributed by atoms with Gasteiger partial charge in [0, 0.05) is 36.3 Å². The van der Waals surface area contributed by atoms with Crippen LogP contribution in [0.2, 0.25) is 0 Å². The average molecular weight is 545 g/mol. The van der Waals surface area contributed by atoms with E-state index in [4.69, 9.17) is 0 Å². The smallest absolute Gasteiger partial charge is 0.248 e. The van der Waals surface area contributed by atoms with Crippen molar-refractivity contribution in [3.8, 4) is 0 Å². The molecule has 9 heteroatoms. The number of aliphatic hydroxyl groups is 1. The molecule has 3 amide bonds. The van der Waals surface area contributed by atoms with Crippen molar-refractivity contribution in [3.63, 3.8) is 0 Å². The van der Waals surface area contributed by atoms with Gasteiger partial charge >= 0.3 is 0 Å². The van der Waals surface area contributed by atoms with Crippen LogP contribution in [-0.4, -0.2) is 76.0 Å². The Morgan fingerprint density at radius 2 is 1.84 bits per heavy atom. The lowest BCUT2D eigenvalue weighted by molar-refractivity contribution is -0.142. The van der Waals surface area contributed by atoms with Crippen molar-refractivity contribution < 1.29 is 19.5 Å². The van der Waals surface area contributed by atoms with Crippen molar-refractivity contribution in [1.29, 1.82) is 0 Å². The first-order valence-corrected chi connectivity index (χ1v) is 15.1. The SMILES string of the molecule is CCCNC(=O)[C@@H]1[C@@H]2CCC3(S2)C(C(=O)Nc2ccc(N(CC)CC)cc2)N([C@@H](CO)CC(C)C)C(=O)[C@H]13. The van der Waals surface area contributed by atoms with Gasteiger partial charge in [-0.25, -0.2) is 0 Å². The van der Waals surface area contributed by atoms with Crippen LogP contribution in [-0.2, 0) is 14.4 Å². The highest BCUT2D eigenvalue weighted by Crippen LogP contribution is 2.66. The molecular weight excluding hydrogens is 500 g/mol. The first-order valence-electron chi connectivity index (χ1n) is 14.3. The van der Waals surface area contributed by atoms with Gasteiger partial charge in [-0.1, -0.05) is 20.8 Å². The zero-order valence-electron chi connectivity index (χ0n) is 23.4. The Hall–Kier alpha value is -2.26. The van der Waals surface area contributed by atoms with Crippen molar-refractivity contribution in [2.75, 3.05) is 36.5 Å². The second-order valence-electron chi connectivity index (χ2n) is 11.3. The van der Waals surface area contributed by atoms with Crippen LogP contribution in [0.1, 0.15) is 60.3 Å². The van der Waals surface area contributed by atoms with E-state index in [0.29, 0.717) is 25.1 Å². The lowest BCUT2D eigenvalue weighted by Gasteiger charge is -2.37. The summed E-state index contributed by atoms with van der Waals surface area (Å²) in [6, 6.07) is 6.60. The van der Waals surface area contributed by atoms with E-state index in [1.165, 1.54) is 0 Å². The number of rotatable bonds is 12. The molecule has 2 bridgehead atoms. The monoisotopic (exact) mass is 544 g/mol. The molecule has 1 aromatic rings. The Morgan fingerprint density at radius 1 is 1.16 bits per heavy atom. The van der Waals surface area contributed by atoms with Crippen LogP contribution in [0.3, 0.4) is 0 Å². The number of likely N-dealkylation sites (tertiary alicyclic amines) is 1. The molecule has 1 spiro atoms. The van der Waals surface area contributed by atoms with Crippen molar-refractivity contribution >= 4 is 40.9 Å². The van der Waals surface area contributed by atoms with Gasteiger partial charge in [-0.15, -0.1) is 11.8 Å². The van der Waals surface area contributed by atoms with Crippen molar-refractivity contribution in [3.05, 3.63) is 24.3 Å². The predicted molar refractivity (Wildman–Crippen MR) is 153 cm³/mol. The Balaban J connectivity index is 1.67. The Morgan fingerprint density at radius 3 is 2.42 bits per heavy atom. The summed E-state index contributed by atoms with van der Waals surface area (Å²) in [4.78, 5) is 45.3. The zero-order chi connectivity index (χ0) is 27.6. The number of fused-ring (bicyclic) bond motifs is 1. The second kappa shape index (κ2) is 11.9. The highest BCUT2D eigenvalue weighted by atomic mass is 32.2. The van der Waals surface area contributed by atoms with Gasteiger partial charge in [0.25, 0.3) is 0 Å². The van der Waals surface area contributed by atoms with Crippen LogP contribution >= 0.6 is 11.8 Å². The van der Waals surface area contributed by atoms with Crippen LogP contribution in [0.25, 0.3) is 0 Å². The van der Waals surface area contributed by atoms with Gasteiger partial charge in [0.1, 0.15) is 6.04 Å². The number of nitrogens with one attached hydrogen (secondary N) is 2. The van der Waals surface area contributed by atoms with E-state index in [9.17, 15) is 19.5 Å². The molecule has 3 aliphatic rings. The Labute approximate surface area is 231 Å². The molecule has 6 atom stereocenters. The number of carbonyl (C=O) groups is 3. The molecule has 1 aromatic carbocycles. The van der Waals surface area contributed by atoms with E-state index in [1.807, 2.05) is 31.2 Å². The standard InChI is InChI=1S/C29H44N4O4S/c1-6-15-30-26(35)23-22-13-14-29(38-22)24(23)28(37)33(21(17-34)16-18(4)5)25(29)27(36)31-19-9-11-20(12-10-19)32(7-2)8-3/h9-12,18,21-25,34H,6-8,13-17H2,1-5H3,(H,30,35)(H,31,36)/t21-,22+,23-,24+,25?,29?/m1/s1. The number of hydrogen-bond donors (Lipinski definition) is 3. The van der Waals surface area contributed by atoms with E-state index in [0.717, 1.165) is 31.6 Å².